The van der Waals surface area contributed by atoms with Gasteiger partial charge in [-0.15, -0.1) is 11.8 Å². The van der Waals surface area contributed by atoms with Gasteiger partial charge in [0.25, 0.3) is 5.91 Å². The van der Waals surface area contributed by atoms with Gasteiger partial charge < -0.3 is 10.1 Å². The van der Waals surface area contributed by atoms with Crippen LogP contribution in [-0.4, -0.2) is 18.7 Å². The third-order valence-corrected chi connectivity index (χ3v) is 9.35. The Hall–Kier alpha value is -4.00. The smallest absolute Gasteiger partial charge is 0.271 e. The predicted octanol–water partition coefficient (Wildman–Crippen LogP) is 8.62. The Kier molecular flexibility index (Phi) is 8.36. The summed E-state index contributed by atoms with van der Waals surface area (Å²) in [6, 6.07) is 30.4. The Morgan fingerprint density at radius 2 is 1.74 bits per heavy atom. The van der Waals surface area contributed by atoms with Crippen molar-refractivity contribution < 1.29 is 9.53 Å². The minimum atomic E-state index is -0.230. The van der Waals surface area contributed by atoms with E-state index in [1.54, 1.807) is 18.9 Å². The zero-order chi connectivity index (χ0) is 29.1. The SMILES string of the molecule is COc1ccc([C@@H]2Nc3ccc(/C(C)=N\NC(=O)c4ccc(CSc5ccc(Cl)cc5)cc4)cc3[C@@H]3C=CC[C@@H]32)cc1. The molecule has 0 saturated heterocycles. The number of rotatable bonds is 8. The molecule has 1 aliphatic carbocycles. The summed E-state index contributed by atoms with van der Waals surface area (Å²) in [5.41, 5.74) is 9.87. The first-order chi connectivity index (χ1) is 20.5. The van der Waals surface area contributed by atoms with Crippen LogP contribution in [0.25, 0.3) is 0 Å². The van der Waals surface area contributed by atoms with Gasteiger partial charge in [0.2, 0.25) is 0 Å². The van der Waals surface area contributed by atoms with Gasteiger partial charge in [-0.25, -0.2) is 5.43 Å². The first-order valence-corrected chi connectivity index (χ1v) is 15.4. The number of thioether (sulfide) groups is 1. The standard InChI is InChI=1S/C35H32ClN3O2S/c1-22(38-39-35(40)25-8-6-23(7-9-25)21-42-29-17-13-27(36)14-18-29)26-12-19-33-32(20-26)30-4-3-5-31(30)34(37-33)24-10-15-28(41-2)16-11-24/h3-4,6-20,30-31,34,37H,5,21H2,1-2H3,(H,39,40)/b38-22-/t30-,31+,34+/m1/s1. The van der Waals surface area contributed by atoms with Crippen molar-refractivity contribution in [2.45, 2.75) is 36.0 Å². The topological polar surface area (TPSA) is 62.7 Å². The summed E-state index contributed by atoms with van der Waals surface area (Å²) >= 11 is 7.70. The number of nitrogens with zero attached hydrogens (tertiary/aromatic N) is 1. The van der Waals surface area contributed by atoms with Crippen molar-refractivity contribution in [3.8, 4) is 5.75 Å². The van der Waals surface area contributed by atoms with E-state index in [1.165, 1.54) is 11.1 Å². The molecule has 0 bridgehead atoms. The van der Waals surface area contributed by atoms with E-state index in [0.29, 0.717) is 17.4 Å². The van der Waals surface area contributed by atoms with E-state index < -0.39 is 0 Å². The van der Waals surface area contributed by atoms with Crippen LogP contribution in [0.15, 0.2) is 113 Å². The predicted molar refractivity (Wildman–Crippen MR) is 173 cm³/mol. The zero-order valence-electron chi connectivity index (χ0n) is 23.5. The number of benzene rings is 4. The molecule has 0 spiro atoms. The average Bonchev–Trinajstić information content (AvgIpc) is 3.53. The number of halogens is 1. The maximum absolute atomic E-state index is 12.8. The molecular weight excluding hydrogens is 562 g/mol. The molecule has 3 atom stereocenters. The molecule has 0 radical (unpaired) electrons. The Labute approximate surface area is 256 Å². The molecule has 0 saturated carbocycles. The number of anilines is 1. The van der Waals surface area contributed by atoms with Crippen molar-refractivity contribution >= 4 is 40.7 Å². The van der Waals surface area contributed by atoms with Crippen molar-refractivity contribution in [3.63, 3.8) is 0 Å². The molecule has 7 heteroatoms. The lowest BCUT2D eigenvalue weighted by molar-refractivity contribution is 0.0955. The van der Waals surface area contributed by atoms with Gasteiger partial charge in [0.15, 0.2) is 0 Å². The van der Waals surface area contributed by atoms with Crippen molar-refractivity contribution in [2.75, 3.05) is 12.4 Å². The molecule has 1 aliphatic heterocycles. The van der Waals surface area contributed by atoms with Crippen LogP contribution in [0.1, 0.15) is 57.9 Å². The lowest BCUT2D eigenvalue weighted by Gasteiger charge is -2.37. The zero-order valence-corrected chi connectivity index (χ0v) is 25.1. The summed E-state index contributed by atoms with van der Waals surface area (Å²) < 4.78 is 5.35. The molecule has 0 aromatic heterocycles. The van der Waals surface area contributed by atoms with Gasteiger partial charge in [-0.1, -0.05) is 54.1 Å². The molecule has 1 heterocycles. The van der Waals surface area contributed by atoms with E-state index in [-0.39, 0.29) is 11.9 Å². The minimum Gasteiger partial charge on any atom is -0.497 e. The molecule has 4 aromatic carbocycles. The maximum Gasteiger partial charge on any atom is 0.271 e. The highest BCUT2D eigenvalue weighted by atomic mass is 35.5. The number of hydrogen-bond donors (Lipinski definition) is 2. The molecule has 5 nitrogen and oxygen atoms in total. The van der Waals surface area contributed by atoms with Crippen LogP contribution < -0.4 is 15.5 Å². The number of carbonyl (C=O) groups is 1. The van der Waals surface area contributed by atoms with Gasteiger partial charge in [-0.05, 0) is 102 Å². The van der Waals surface area contributed by atoms with E-state index in [2.05, 4.69) is 58.3 Å². The number of hydrazone groups is 1. The highest BCUT2D eigenvalue weighted by Gasteiger charge is 2.38. The third-order valence-electron chi connectivity index (χ3n) is 8.02. The van der Waals surface area contributed by atoms with Crippen LogP contribution in [0.5, 0.6) is 5.75 Å². The fourth-order valence-corrected chi connectivity index (χ4v) is 6.65. The molecule has 212 valence electrons. The highest BCUT2D eigenvalue weighted by Crippen LogP contribution is 2.50. The Morgan fingerprint density at radius 3 is 2.48 bits per heavy atom. The van der Waals surface area contributed by atoms with Crippen molar-refractivity contribution in [2.24, 2.45) is 11.0 Å². The molecule has 2 aliphatic rings. The Bertz CT molecular complexity index is 1630. The third kappa shape index (κ3) is 6.10. The second-order valence-electron chi connectivity index (χ2n) is 10.6. The Balaban J connectivity index is 1.11. The fourth-order valence-electron chi connectivity index (χ4n) is 5.67. The second kappa shape index (κ2) is 12.5. The van der Waals surface area contributed by atoms with E-state index in [9.17, 15) is 4.79 Å². The molecular formula is C35H32ClN3O2S. The number of nitrogens with one attached hydrogen (secondary N) is 2. The highest BCUT2D eigenvalue weighted by molar-refractivity contribution is 7.98. The normalized spacial score (nSPS) is 19.0. The van der Waals surface area contributed by atoms with Gasteiger partial charge in [0, 0.05) is 32.8 Å². The van der Waals surface area contributed by atoms with Crippen molar-refractivity contribution in [1.82, 2.24) is 5.43 Å². The maximum atomic E-state index is 12.8. The summed E-state index contributed by atoms with van der Waals surface area (Å²) in [5, 5.41) is 8.96. The summed E-state index contributed by atoms with van der Waals surface area (Å²) in [6.45, 7) is 1.93. The average molecular weight is 594 g/mol. The van der Waals surface area contributed by atoms with Crippen LogP contribution in [-0.2, 0) is 5.75 Å². The van der Waals surface area contributed by atoms with Crippen LogP contribution in [0.3, 0.4) is 0 Å². The van der Waals surface area contributed by atoms with Crippen LogP contribution >= 0.6 is 23.4 Å². The number of amides is 1. The number of allylic oxidation sites excluding steroid dienone is 2. The first-order valence-electron chi connectivity index (χ1n) is 14.0. The van der Waals surface area contributed by atoms with E-state index in [4.69, 9.17) is 16.3 Å². The fraction of sp³-hybridized carbons (Fsp3) is 0.200. The van der Waals surface area contributed by atoms with Gasteiger partial charge in [0.1, 0.15) is 5.75 Å². The monoisotopic (exact) mass is 593 g/mol. The van der Waals surface area contributed by atoms with Crippen LogP contribution in [0, 0.1) is 5.92 Å². The van der Waals surface area contributed by atoms with Gasteiger partial charge in [-0.2, -0.15) is 5.10 Å². The minimum absolute atomic E-state index is 0.228. The van der Waals surface area contributed by atoms with E-state index >= 15 is 0 Å². The van der Waals surface area contributed by atoms with Gasteiger partial charge >= 0.3 is 0 Å². The van der Waals surface area contributed by atoms with E-state index in [0.717, 1.165) is 50.4 Å². The molecule has 0 unspecified atom stereocenters. The van der Waals surface area contributed by atoms with Crippen LogP contribution in [0.2, 0.25) is 5.02 Å². The lowest BCUT2D eigenvalue weighted by atomic mass is 9.76. The number of methoxy groups -OCH3 is 1. The van der Waals surface area contributed by atoms with Crippen molar-refractivity contribution in [1.29, 1.82) is 0 Å². The van der Waals surface area contributed by atoms with Gasteiger partial charge in [-0.3, -0.25) is 4.79 Å². The molecule has 2 N–H and O–H groups in total. The summed E-state index contributed by atoms with van der Waals surface area (Å²) in [4.78, 5) is 14.0. The van der Waals surface area contributed by atoms with E-state index in [1.807, 2.05) is 67.6 Å². The number of hydrogen-bond acceptors (Lipinski definition) is 5. The molecule has 6 rings (SSSR count). The lowest BCUT2D eigenvalue weighted by Crippen LogP contribution is -2.29. The second-order valence-corrected chi connectivity index (χ2v) is 12.1. The first kappa shape index (κ1) is 28.1. The summed E-state index contributed by atoms with van der Waals surface area (Å²) in [5.74, 6) is 2.21. The van der Waals surface area contributed by atoms with Gasteiger partial charge in [0.05, 0.1) is 18.9 Å². The molecule has 0 fully saturated rings. The van der Waals surface area contributed by atoms with Crippen molar-refractivity contribution in [3.05, 3.63) is 136 Å². The number of fused-ring (bicyclic) bond motifs is 3. The summed E-state index contributed by atoms with van der Waals surface area (Å²) in [7, 11) is 1.69. The molecule has 4 aromatic rings. The van der Waals surface area contributed by atoms with Crippen LogP contribution in [0.4, 0.5) is 5.69 Å². The Morgan fingerprint density at radius 1 is 1.00 bits per heavy atom. The molecule has 1 amide bonds. The quantitative estimate of drug-likeness (QED) is 0.0929. The summed E-state index contributed by atoms with van der Waals surface area (Å²) in [6.07, 6.45) is 5.65. The number of carbonyl (C=O) groups excluding carboxylic acids is 1. The number of ether oxygens (including phenoxy) is 1. The largest absolute Gasteiger partial charge is 0.497 e. The molecule has 42 heavy (non-hydrogen) atoms.